The minimum atomic E-state index is -1.91. The van der Waals surface area contributed by atoms with Gasteiger partial charge in [-0.2, -0.15) is 4.98 Å². The number of alkyl halides is 1. The second-order valence-corrected chi connectivity index (χ2v) is 10.3. The normalized spacial score (nSPS) is 21.5. The number of piperidine rings is 1. The lowest BCUT2D eigenvalue weighted by Crippen LogP contribution is -2.54. The molecule has 3 heterocycles. The largest absolute Gasteiger partial charge is 0.478 e. The molecule has 1 aliphatic rings. The molecule has 3 atom stereocenters. The van der Waals surface area contributed by atoms with Gasteiger partial charge in [-0.15, -0.1) is 0 Å². The van der Waals surface area contributed by atoms with Crippen molar-refractivity contribution in [3.8, 4) is 5.75 Å². The first kappa shape index (κ1) is 28.9. The Labute approximate surface area is 235 Å². The number of nitrogens with zero attached hydrogens (tertiary/aromatic N) is 4. The number of benzene rings is 1. The van der Waals surface area contributed by atoms with Gasteiger partial charge < -0.3 is 24.8 Å². The highest BCUT2D eigenvalue weighted by Crippen LogP contribution is 2.35. The first-order valence-electron chi connectivity index (χ1n) is 12.1. The van der Waals surface area contributed by atoms with Crippen molar-refractivity contribution < 1.29 is 13.9 Å². The number of ether oxygens (including phenoxy) is 1. The fourth-order valence-electron chi connectivity index (χ4n) is 4.45. The molecule has 0 bridgehead atoms. The lowest BCUT2D eigenvalue weighted by molar-refractivity contribution is -0.123. The summed E-state index contributed by atoms with van der Waals surface area (Å²) in [6.07, 6.45) is 1.47. The summed E-state index contributed by atoms with van der Waals surface area (Å²) < 4.78 is 21.6. The lowest BCUT2D eigenvalue weighted by atomic mass is 9.49. The van der Waals surface area contributed by atoms with Crippen LogP contribution in [0.2, 0.25) is 5.02 Å². The molecular formula is C24H24B4ClFN6O3. The summed E-state index contributed by atoms with van der Waals surface area (Å²) >= 11 is 6.38. The molecule has 1 amide bonds. The van der Waals surface area contributed by atoms with Crippen LogP contribution in [0, 0.1) is 11.8 Å². The number of nitrogens with one attached hydrogen (secondary N) is 2. The zero-order valence-electron chi connectivity index (χ0n) is 21.7. The van der Waals surface area contributed by atoms with Gasteiger partial charge in [-0.25, -0.2) is 4.98 Å². The zero-order chi connectivity index (χ0) is 28.7. The predicted octanol–water partition coefficient (Wildman–Crippen LogP) is 1.26. The fraction of sp³-hybridized carbons (Fsp3) is 0.417. The Hall–Kier alpha value is -3.14. The number of pyridine rings is 1. The van der Waals surface area contributed by atoms with Crippen LogP contribution >= 0.6 is 11.6 Å². The van der Waals surface area contributed by atoms with Gasteiger partial charge in [0.05, 0.1) is 40.8 Å². The number of carbonyl (C=O) groups is 1. The number of carbonyl (C=O) groups excluding carboxylic acids is 1. The Morgan fingerprint density at radius 3 is 2.56 bits per heavy atom. The van der Waals surface area contributed by atoms with Crippen LogP contribution in [-0.2, 0) is 11.8 Å². The predicted molar refractivity (Wildman–Crippen MR) is 153 cm³/mol. The number of rotatable bonds is 7. The summed E-state index contributed by atoms with van der Waals surface area (Å²) in [5, 5.41) is 4.31. The van der Waals surface area contributed by atoms with Gasteiger partial charge in [-0.3, -0.25) is 14.0 Å². The summed E-state index contributed by atoms with van der Waals surface area (Å²) in [6.45, 7) is 3.70. The van der Waals surface area contributed by atoms with Crippen molar-refractivity contribution in [2.45, 2.75) is 24.7 Å². The van der Waals surface area contributed by atoms with E-state index in [1.54, 1.807) is 39.1 Å². The van der Waals surface area contributed by atoms with E-state index >= 15 is 0 Å². The molecule has 3 aromatic rings. The molecule has 2 N–H and O–H groups in total. The maximum Gasteiger partial charge on any atom is 0.293 e. The molecule has 1 aliphatic heterocycles. The van der Waals surface area contributed by atoms with Crippen LogP contribution in [-0.4, -0.2) is 82.3 Å². The number of amides is 1. The van der Waals surface area contributed by atoms with E-state index in [1.165, 1.54) is 16.8 Å². The summed E-state index contributed by atoms with van der Waals surface area (Å²) in [5.74, 6) is -0.864. The van der Waals surface area contributed by atoms with Crippen LogP contribution in [0.5, 0.6) is 5.75 Å². The number of hydrogen-bond donors (Lipinski definition) is 2. The molecule has 0 aliphatic carbocycles. The first-order chi connectivity index (χ1) is 18.2. The van der Waals surface area contributed by atoms with E-state index < -0.39 is 40.7 Å². The summed E-state index contributed by atoms with van der Waals surface area (Å²) in [6, 6.07) is 6.78. The molecule has 194 valence electrons. The van der Waals surface area contributed by atoms with Crippen molar-refractivity contribution in [3.05, 3.63) is 45.8 Å². The van der Waals surface area contributed by atoms with Crippen LogP contribution in [0.1, 0.15) is 13.8 Å². The van der Waals surface area contributed by atoms with Gasteiger partial charge in [0.1, 0.15) is 12.9 Å². The summed E-state index contributed by atoms with van der Waals surface area (Å²) in [5.41, 5.74) is -0.986. The van der Waals surface area contributed by atoms with Gasteiger partial charge in [0.25, 0.3) is 11.5 Å². The topological polar surface area (TPSA) is 101 Å². The second-order valence-electron chi connectivity index (χ2n) is 9.94. The molecule has 8 radical (unpaired) electrons. The molecule has 0 spiro atoms. The Morgan fingerprint density at radius 2 is 1.92 bits per heavy atom. The van der Waals surface area contributed by atoms with Gasteiger partial charge in [0.15, 0.2) is 18.2 Å². The third-order valence-corrected chi connectivity index (χ3v) is 6.96. The van der Waals surface area contributed by atoms with Crippen LogP contribution < -0.4 is 25.8 Å². The number of aryl methyl sites for hydroxylation is 1. The number of aromatic nitrogens is 3. The Bertz CT molecular complexity index is 1450. The SMILES string of the molecule is [B]C([B])([B])NC(=O)COc1cc2cc(Nc3nc(N4C[C@@H](C)C([B])(F)[C@@H](C)C4)ncc3Cl)ccc2n(C)c1=O. The molecular weight excluding hydrogens is 518 g/mol. The molecule has 15 heteroatoms. The smallest absolute Gasteiger partial charge is 0.293 e. The molecule has 0 saturated carbocycles. The van der Waals surface area contributed by atoms with Crippen molar-refractivity contribution in [3.63, 3.8) is 0 Å². The van der Waals surface area contributed by atoms with Crippen molar-refractivity contribution in [1.82, 2.24) is 19.9 Å². The molecule has 1 aromatic carbocycles. The average Bonchev–Trinajstić information content (AvgIpc) is 2.84. The molecule has 9 nitrogen and oxygen atoms in total. The third-order valence-electron chi connectivity index (χ3n) is 6.68. The Morgan fingerprint density at radius 1 is 1.26 bits per heavy atom. The van der Waals surface area contributed by atoms with Crippen molar-refractivity contribution >= 4 is 77.2 Å². The van der Waals surface area contributed by atoms with Crippen LogP contribution in [0.3, 0.4) is 0 Å². The van der Waals surface area contributed by atoms with Crippen molar-refractivity contribution in [2.75, 3.05) is 29.9 Å². The monoisotopic (exact) mass is 542 g/mol. The van der Waals surface area contributed by atoms with E-state index in [2.05, 4.69) is 20.6 Å². The quantitative estimate of drug-likeness (QED) is 0.434. The second kappa shape index (κ2) is 10.8. The highest BCUT2D eigenvalue weighted by molar-refractivity contribution is 6.59. The first-order valence-corrected chi connectivity index (χ1v) is 12.5. The Balaban J connectivity index is 1.58. The van der Waals surface area contributed by atoms with Gasteiger partial charge in [-0.1, -0.05) is 30.7 Å². The Kier molecular flexibility index (Phi) is 7.98. The highest BCUT2D eigenvalue weighted by Gasteiger charge is 2.42. The number of hydrogen-bond acceptors (Lipinski definition) is 7. The van der Waals surface area contributed by atoms with Gasteiger partial charge in [-0.05, 0) is 36.1 Å². The van der Waals surface area contributed by atoms with Crippen molar-refractivity contribution in [1.29, 1.82) is 0 Å². The maximum atomic E-state index is 14.8. The van der Waals surface area contributed by atoms with E-state index in [0.717, 1.165) is 0 Å². The van der Waals surface area contributed by atoms with E-state index in [1.807, 2.05) is 4.90 Å². The van der Waals surface area contributed by atoms with Crippen LogP contribution in [0.4, 0.5) is 21.8 Å². The minimum Gasteiger partial charge on any atom is -0.478 e. The van der Waals surface area contributed by atoms with Crippen LogP contribution in [0.15, 0.2) is 35.3 Å². The lowest BCUT2D eigenvalue weighted by Gasteiger charge is -2.44. The summed E-state index contributed by atoms with van der Waals surface area (Å²) in [4.78, 5) is 35.4. The van der Waals surface area contributed by atoms with E-state index in [4.69, 9.17) is 47.7 Å². The van der Waals surface area contributed by atoms with Gasteiger partial charge in [0.2, 0.25) is 5.95 Å². The van der Waals surface area contributed by atoms with Gasteiger partial charge >= 0.3 is 0 Å². The zero-order valence-corrected chi connectivity index (χ0v) is 22.5. The molecule has 39 heavy (non-hydrogen) atoms. The fourth-order valence-corrected chi connectivity index (χ4v) is 4.59. The maximum absolute atomic E-state index is 14.8. The van der Waals surface area contributed by atoms with E-state index in [0.29, 0.717) is 41.4 Å². The molecule has 2 aromatic heterocycles. The minimum absolute atomic E-state index is 0.0616. The molecule has 1 unspecified atom stereocenters. The number of anilines is 3. The molecule has 1 fully saturated rings. The molecule has 4 rings (SSSR count). The number of halogens is 2. The van der Waals surface area contributed by atoms with E-state index in [-0.39, 0.29) is 10.8 Å². The number of fused-ring (bicyclic) bond motifs is 1. The van der Waals surface area contributed by atoms with Crippen LogP contribution in [0.25, 0.3) is 10.9 Å². The van der Waals surface area contributed by atoms with E-state index in [9.17, 15) is 14.0 Å². The van der Waals surface area contributed by atoms with Gasteiger partial charge in [0, 0.05) is 31.2 Å². The van der Waals surface area contributed by atoms with Crippen molar-refractivity contribution in [2.24, 2.45) is 18.9 Å². The third kappa shape index (κ3) is 6.37. The standard InChI is InChI=1S/C24H24B4ClFN6O3/c1-12-9-36(10-13(2)23(12,25)30)22-31-8-16(29)20(33-22)32-15-4-5-17-14(6-15)7-18(21(38)35(17)3)39-11-19(37)34-24(26,27)28/h4-8,12-13H,9-11H2,1-3H3,(H,34,37)(H,31,32,33)/t12-,13+,23?. The molecule has 1 saturated heterocycles. The summed E-state index contributed by atoms with van der Waals surface area (Å²) in [7, 11) is 23.5. The average molecular weight is 542 g/mol. The highest BCUT2D eigenvalue weighted by atomic mass is 35.5.